The molecule has 2 rings (SSSR count). The number of hydrogen-bond acceptors (Lipinski definition) is 7. The highest BCUT2D eigenvalue weighted by atomic mass is 16.5. The van der Waals surface area contributed by atoms with Gasteiger partial charge in [-0.2, -0.15) is 15.0 Å². The van der Waals surface area contributed by atoms with Crippen LogP contribution < -0.4 is 10.6 Å². The Morgan fingerprint density at radius 1 is 1.19 bits per heavy atom. The zero-order chi connectivity index (χ0) is 19.7. The van der Waals surface area contributed by atoms with Crippen LogP contribution >= 0.6 is 0 Å². The zero-order valence-corrected chi connectivity index (χ0v) is 16.2. The second-order valence-corrected chi connectivity index (χ2v) is 6.45. The van der Waals surface area contributed by atoms with Crippen LogP contribution in [0.25, 0.3) is 11.4 Å². The first-order valence-electron chi connectivity index (χ1n) is 8.62. The molecule has 1 aromatic carbocycles. The Balaban J connectivity index is 2.31. The van der Waals surface area contributed by atoms with Gasteiger partial charge in [0.05, 0.1) is 5.60 Å². The Kier molecular flexibility index (Phi) is 7.19. The molecule has 0 aliphatic rings. The van der Waals surface area contributed by atoms with Crippen LogP contribution in [-0.4, -0.2) is 40.4 Å². The van der Waals surface area contributed by atoms with Crippen molar-refractivity contribution in [2.75, 3.05) is 24.3 Å². The molecule has 0 aliphatic carbocycles. The lowest BCUT2D eigenvalue weighted by atomic mass is 10.1. The van der Waals surface area contributed by atoms with Crippen molar-refractivity contribution >= 4 is 18.1 Å². The maximum atomic E-state index is 5.44. The van der Waals surface area contributed by atoms with Crippen LogP contribution in [0.5, 0.6) is 0 Å². The first-order valence-corrected chi connectivity index (χ1v) is 8.62. The second kappa shape index (κ2) is 9.59. The van der Waals surface area contributed by atoms with E-state index in [9.17, 15) is 0 Å². The minimum Gasteiger partial charge on any atom is -0.377 e. The fourth-order valence-electron chi connectivity index (χ4n) is 2.03. The quantitative estimate of drug-likeness (QED) is 0.655. The lowest BCUT2D eigenvalue weighted by molar-refractivity contribution is 0.0342. The largest absolute Gasteiger partial charge is 0.377 e. The number of hydrogen-bond donors (Lipinski definition) is 2. The number of nitrogens with one attached hydrogen (secondary N) is 2. The fraction of sp³-hybridized carbons (Fsp3) is 0.300. The molecule has 0 saturated heterocycles. The third-order valence-electron chi connectivity index (χ3n) is 3.72. The summed E-state index contributed by atoms with van der Waals surface area (Å²) in [6, 6.07) is 9.77. The molecule has 0 spiro atoms. The van der Waals surface area contributed by atoms with Gasteiger partial charge in [0.2, 0.25) is 11.9 Å². The summed E-state index contributed by atoms with van der Waals surface area (Å²) in [4.78, 5) is 17.5. The molecule has 27 heavy (non-hydrogen) atoms. The van der Waals surface area contributed by atoms with Gasteiger partial charge in [-0.15, -0.1) is 0 Å². The van der Waals surface area contributed by atoms with E-state index in [0.29, 0.717) is 24.3 Å². The van der Waals surface area contributed by atoms with Crippen molar-refractivity contribution in [1.29, 1.82) is 0 Å². The topological polar surface area (TPSA) is 84.3 Å². The molecule has 0 saturated carbocycles. The number of allylic oxidation sites excluding steroid dienone is 2. The predicted octanol–water partition coefficient (Wildman–Crippen LogP) is 3.91. The average molecular weight is 366 g/mol. The van der Waals surface area contributed by atoms with Crippen molar-refractivity contribution in [3.63, 3.8) is 0 Å². The van der Waals surface area contributed by atoms with E-state index in [-0.39, 0.29) is 5.60 Å². The SMILES string of the molecule is C=CN=C/C=C(\C)Nc1nc(NCC(C)(C)OC)nc(-c2ccccc2)n1. The molecule has 2 aromatic rings. The third-order valence-corrected chi connectivity index (χ3v) is 3.72. The van der Waals surface area contributed by atoms with E-state index in [1.54, 1.807) is 13.3 Å². The Morgan fingerprint density at radius 2 is 1.89 bits per heavy atom. The first-order chi connectivity index (χ1) is 12.9. The van der Waals surface area contributed by atoms with Gasteiger partial charge < -0.3 is 15.4 Å². The number of nitrogens with zero attached hydrogens (tertiary/aromatic N) is 4. The molecule has 2 N–H and O–H groups in total. The summed E-state index contributed by atoms with van der Waals surface area (Å²) in [6.07, 6.45) is 4.93. The highest BCUT2D eigenvalue weighted by Crippen LogP contribution is 2.19. The van der Waals surface area contributed by atoms with Gasteiger partial charge in [0.15, 0.2) is 5.82 Å². The molecular formula is C20H26N6O. The van der Waals surface area contributed by atoms with Gasteiger partial charge in [-0.3, -0.25) is 4.99 Å². The smallest absolute Gasteiger partial charge is 0.232 e. The molecule has 1 aromatic heterocycles. The number of anilines is 2. The number of ether oxygens (including phenoxy) is 1. The lowest BCUT2D eigenvalue weighted by Gasteiger charge is -2.23. The summed E-state index contributed by atoms with van der Waals surface area (Å²) in [5.74, 6) is 1.50. The summed E-state index contributed by atoms with van der Waals surface area (Å²) in [7, 11) is 1.68. The predicted molar refractivity (Wildman–Crippen MR) is 111 cm³/mol. The van der Waals surface area contributed by atoms with Crippen LogP contribution in [-0.2, 0) is 4.74 Å². The van der Waals surface area contributed by atoms with E-state index in [1.807, 2.05) is 57.2 Å². The Labute approximate surface area is 160 Å². The normalized spacial score (nSPS) is 12.2. The van der Waals surface area contributed by atoms with E-state index in [0.717, 1.165) is 11.3 Å². The van der Waals surface area contributed by atoms with Gasteiger partial charge in [0.25, 0.3) is 0 Å². The molecule has 0 fully saturated rings. The van der Waals surface area contributed by atoms with Crippen LogP contribution in [0, 0.1) is 0 Å². The maximum Gasteiger partial charge on any atom is 0.232 e. The molecule has 0 atom stereocenters. The molecule has 0 bridgehead atoms. The van der Waals surface area contributed by atoms with Crippen molar-refractivity contribution in [2.45, 2.75) is 26.4 Å². The van der Waals surface area contributed by atoms with E-state index in [4.69, 9.17) is 4.74 Å². The lowest BCUT2D eigenvalue weighted by Crippen LogP contribution is -2.32. The molecule has 0 aliphatic heterocycles. The maximum absolute atomic E-state index is 5.44. The van der Waals surface area contributed by atoms with Gasteiger partial charge >= 0.3 is 0 Å². The monoisotopic (exact) mass is 366 g/mol. The van der Waals surface area contributed by atoms with Crippen molar-refractivity contribution < 1.29 is 4.74 Å². The molecule has 7 heteroatoms. The fourth-order valence-corrected chi connectivity index (χ4v) is 2.03. The third kappa shape index (κ3) is 6.63. The van der Waals surface area contributed by atoms with E-state index in [2.05, 4.69) is 37.2 Å². The van der Waals surface area contributed by atoms with E-state index in [1.165, 1.54) is 6.20 Å². The van der Waals surface area contributed by atoms with E-state index < -0.39 is 0 Å². The van der Waals surface area contributed by atoms with Gasteiger partial charge in [0, 0.05) is 37.3 Å². The second-order valence-electron chi connectivity index (χ2n) is 6.45. The van der Waals surface area contributed by atoms with Gasteiger partial charge in [-0.25, -0.2) is 0 Å². The van der Waals surface area contributed by atoms with Crippen LogP contribution in [0.1, 0.15) is 20.8 Å². The molecule has 0 unspecified atom stereocenters. The molecule has 0 radical (unpaired) electrons. The summed E-state index contributed by atoms with van der Waals surface area (Å²) in [5, 5.41) is 6.39. The summed E-state index contributed by atoms with van der Waals surface area (Å²) < 4.78 is 5.44. The molecule has 1 heterocycles. The van der Waals surface area contributed by atoms with Crippen molar-refractivity contribution in [1.82, 2.24) is 15.0 Å². The summed E-state index contributed by atoms with van der Waals surface area (Å²) in [5.41, 5.74) is 1.41. The van der Waals surface area contributed by atoms with Crippen LogP contribution in [0.2, 0.25) is 0 Å². The van der Waals surface area contributed by atoms with Gasteiger partial charge in [-0.1, -0.05) is 36.9 Å². The number of aliphatic imine (C=N–C) groups is 1. The van der Waals surface area contributed by atoms with Gasteiger partial charge in [0.1, 0.15) is 0 Å². The van der Waals surface area contributed by atoms with Gasteiger partial charge in [-0.05, 0) is 26.8 Å². The summed E-state index contributed by atoms with van der Waals surface area (Å²) in [6.45, 7) is 9.99. The zero-order valence-electron chi connectivity index (χ0n) is 16.2. The molecule has 0 amide bonds. The Hall–Kier alpha value is -3.06. The van der Waals surface area contributed by atoms with Crippen molar-refractivity contribution in [3.05, 3.63) is 54.9 Å². The standard InChI is InChI=1S/C20H26N6O/c1-6-21-13-12-15(2)23-19-25-17(16-10-8-7-9-11-16)24-18(26-19)22-14-20(3,4)27-5/h6-13H,1,14H2,2-5H3,(H2,22,23,24,25,26)/b15-12+,21-13?. The molecular weight excluding hydrogens is 340 g/mol. The van der Waals surface area contributed by atoms with Crippen molar-refractivity contribution in [3.8, 4) is 11.4 Å². The highest BCUT2D eigenvalue weighted by molar-refractivity contribution is 5.73. The van der Waals surface area contributed by atoms with E-state index >= 15 is 0 Å². The minimum absolute atomic E-state index is 0.343. The number of methoxy groups -OCH3 is 1. The Bertz CT molecular complexity index is 814. The summed E-state index contributed by atoms with van der Waals surface area (Å²) >= 11 is 0. The Morgan fingerprint density at radius 3 is 2.56 bits per heavy atom. The van der Waals surface area contributed by atoms with Crippen LogP contribution in [0.4, 0.5) is 11.9 Å². The van der Waals surface area contributed by atoms with Crippen LogP contribution in [0.15, 0.2) is 59.9 Å². The molecule has 142 valence electrons. The average Bonchev–Trinajstić information content (AvgIpc) is 2.67. The van der Waals surface area contributed by atoms with Crippen LogP contribution in [0.3, 0.4) is 0 Å². The van der Waals surface area contributed by atoms with Crippen molar-refractivity contribution in [2.24, 2.45) is 4.99 Å². The minimum atomic E-state index is -0.343. The highest BCUT2D eigenvalue weighted by Gasteiger charge is 2.17. The number of benzene rings is 1. The number of rotatable bonds is 9. The number of aromatic nitrogens is 3. The molecule has 7 nitrogen and oxygen atoms in total. The first kappa shape index (κ1) is 20.3.